The Kier molecular flexibility index (Phi) is 5.16. The van der Waals surface area contributed by atoms with E-state index in [1.165, 1.54) is 0 Å². The fraction of sp³-hybridized carbons (Fsp3) is 0.261. The van der Waals surface area contributed by atoms with Crippen LogP contribution in [0.5, 0.6) is 0 Å². The van der Waals surface area contributed by atoms with Gasteiger partial charge in [0, 0.05) is 26.2 Å². The Morgan fingerprint density at radius 2 is 1.77 bits per heavy atom. The molecule has 1 aliphatic rings. The normalized spacial score (nSPS) is 14.4. The summed E-state index contributed by atoms with van der Waals surface area (Å²) in [6.07, 6.45) is 1.68. The Balaban J connectivity index is 1.31. The zero-order chi connectivity index (χ0) is 21.5. The van der Waals surface area contributed by atoms with Crippen LogP contribution in [0.2, 0.25) is 5.02 Å². The highest BCUT2D eigenvalue weighted by Gasteiger charge is 2.26. The Morgan fingerprint density at radius 1 is 1.03 bits per heavy atom. The number of halogens is 1. The molecule has 0 N–H and O–H groups in total. The van der Waals surface area contributed by atoms with E-state index in [2.05, 4.69) is 16.9 Å². The van der Waals surface area contributed by atoms with Crippen molar-refractivity contribution < 1.29 is 4.79 Å². The SMILES string of the molecule is Cc1ccc(Cl)c2sc(N3CCN(C(=O)c4cnn(-c5ccccc5)c4C)CC3)nc12. The Labute approximate surface area is 189 Å². The van der Waals surface area contributed by atoms with Gasteiger partial charge in [-0.15, -0.1) is 0 Å². The fourth-order valence-electron chi connectivity index (χ4n) is 3.95. The molecule has 3 heterocycles. The van der Waals surface area contributed by atoms with Crippen LogP contribution in [0.25, 0.3) is 15.9 Å². The lowest BCUT2D eigenvalue weighted by molar-refractivity contribution is 0.0746. The molecule has 4 aromatic rings. The van der Waals surface area contributed by atoms with Gasteiger partial charge in [-0.1, -0.05) is 47.2 Å². The Hall–Kier alpha value is -2.90. The lowest BCUT2D eigenvalue weighted by atomic mass is 10.2. The summed E-state index contributed by atoms with van der Waals surface area (Å²) in [6, 6.07) is 13.8. The highest BCUT2D eigenvalue weighted by Crippen LogP contribution is 2.36. The van der Waals surface area contributed by atoms with E-state index >= 15 is 0 Å². The molecule has 0 atom stereocenters. The van der Waals surface area contributed by atoms with E-state index in [1.54, 1.807) is 17.5 Å². The van der Waals surface area contributed by atoms with Gasteiger partial charge >= 0.3 is 0 Å². The van der Waals surface area contributed by atoms with Crippen LogP contribution in [-0.4, -0.2) is 51.8 Å². The van der Waals surface area contributed by atoms with Crippen molar-refractivity contribution in [1.82, 2.24) is 19.7 Å². The molecule has 0 saturated carbocycles. The summed E-state index contributed by atoms with van der Waals surface area (Å²) < 4.78 is 2.84. The number of hydrogen-bond acceptors (Lipinski definition) is 5. The van der Waals surface area contributed by atoms with Crippen LogP contribution in [0.4, 0.5) is 5.13 Å². The summed E-state index contributed by atoms with van der Waals surface area (Å²) in [5, 5.41) is 6.15. The number of nitrogens with zero attached hydrogens (tertiary/aromatic N) is 5. The molecular formula is C23H22ClN5OS. The number of aromatic nitrogens is 3. The molecule has 0 bridgehead atoms. The van der Waals surface area contributed by atoms with Gasteiger partial charge in [0.1, 0.15) is 0 Å². The summed E-state index contributed by atoms with van der Waals surface area (Å²) in [4.78, 5) is 22.1. The van der Waals surface area contributed by atoms with Gasteiger partial charge in [-0.2, -0.15) is 5.10 Å². The van der Waals surface area contributed by atoms with E-state index in [0.717, 1.165) is 50.4 Å². The summed E-state index contributed by atoms with van der Waals surface area (Å²) in [7, 11) is 0. The number of carbonyl (C=O) groups is 1. The molecule has 2 aromatic heterocycles. The zero-order valence-corrected chi connectivity index (χ0v) is 19.0. The van der Waals surface area contributed by atoms with Crippen LogP contribution in [0.3, 0.4) is 0 Å². The number of aryl methyl sites for hydroxylation is 1. The van der Waals surface area contributed by atoms with Gasteiger partial charge in [0.25, 0.3) is 5.91 Å². The number of anilines is 1. The fourth-order valence-corrected chi connectivity index (χ4v) is 5.31. The standard InChI is InChI=1S/C23H22ClN5OS/c1-15-8-9-19(24)21-20(15)26-23(31-21)28-12-10-27(11-13-28)22(30)18-14-25-29(16(18)2)17-6-4-3-5-7-17/h3-9,14H,10-13H2,1-2H3. The van der Waals surface area contributed by atoms with Crippen LogP contribution in [-0.2, 0) is 0 Å². The Bertz CT molecular complexity index is 1220. The first-order valence-electron chi connectivity index (χ1n) is 10.2. The average Bonchev–Trinajstić information content (AvgIpc) is 3.42. The van der Waals surface area contributed by atoms with Gasteiger partial charge in [0.15, 0.2) is 5.13 Å². The number of amides is 1. The third-order valence-corrected chi connectivity index (χ3v) is 7.34. The molecule has 1 fully saturated rings. The summed E-state index contributed by atoms with van der Waals surface area (Å²) in [5.41, 5.74) is 4.56. The first kappa shape index (κ1) is 20.0. The molecule has 8 heteroatoms. The lowest BCUT2D eigenvalue weighted by Gasteiger charge is -2.34. The second-order valence-electron chi connectivity index (χ2n) is 7.71. The molecular weight excluding hydrogens is 430 g/mol. The van der Waals surface area contributed by atoms with E-state index in [-0.39, 0.29) is 5.91 Å². The van der Waals surface area contributed by atoms with E-state index in [4.69, 9.17) is 16.6 Å². The van der Waals surface area contributed by atoms with Crippen molar-refractivity contribution in [2.24, 2.45) is 0 Å². The smallest absolute Gasteiger partial charge is 0.257 e. The van der Waals surface area contributed by atoms with Gasteiger partial charge in [-0.05, 0) is 37.6 Å². The highest BCUT2D eigenvalue weighted by atomic mass is 35.5. The number of hydrogen-bond donors (Lipinski definition) is 0. The maximum Gasteiger partial charge on any atom is 0.257 e. The first-order chi connectivity index (χ1) is 15.0. The van der Waals surface area contributed by atoms with Crippen molar-refractivity contribution in [2.75, 3.05) is 31.1 Å². The van der Waals surface area contributed by atoms with Crippen LogP contribution in [0.1, 0.15) is 21.6 Å². The van der Waals surface area contributed by atoms with Crippen LogP contribution in [0, 0.1) is 13.8 Å². The number of carbonyl (C=O) groups excluding carboxylic acids is 1. The largest absolute Gasteiger partial charge is 0.345 e. The number of benzene rings is 2. The van der Waals surface area contributed by atoms with Crippen LogP contribution >= 0.6 is 22.9 Å². The number of para-hydroxylation sites is 1. The van der Waals surface area contributed by atoms with Crippen molar-refractivity contribution in [3.05, 3.63) is 70.5 Å². The van der Waals surface area contributed by atoms with Gasteiger partial charge in [0.2, 0.25) is 0 Å². The van der Waals surface area contributed by atoms with Crippen LogP contribution in [0.15, 0.2) is 48.7 Å². The predicted octanol–water partition coefficient (Wildman–Crippen LogP) is 4.71. The van der Waals surface area contributed by atoms with E-state index in [0.29, 0.717) is 18.7 Å². The molecule has 31 heavy (non-hydrogen) atoms. The molecule has 0 unspecified atom stereocenters. The van der Waals surface area contributed by atoms with Crippen molar-refractivity contribution >= 4 is 44.2 Å². The third-order valence-electron chi connectivity index (χ3n) is 5.76. The minimum absolute atomic E-state index is 0.0301. The first-order valence-corrected chi connectivity index (χ1v) is 11.4. The third kappa shape index (κ3) is 3.58. The van der Waals surface area contributed by atoms with Gasteiger partial charge in [-0.25, -0.2) is 9.67 Å². The van der Waals surface area contributed by atoms with Crippen LogP contribution < -0.4 is 4.90 Å². The molecule has 1 amide bonds. The second-order valence-corrected chi connectivity index (χ2v) is 9.09. The predicted molar refractivity (Wildman–Crippen MR) is 126 cm³/mol. The number of rotatable bonds is 3. The molecule has 158 valence electrons. The lowest BCUT2D eigenvalue weighted by Crippen LogP contribution is -2.48. The van der Waals surface area contributed by atoms with Gasteiger partial charge in [0.05, 0.1) is 38.4 Å². The number of thiazole rings is 1. The molecule has 0 radical (unpaired) electrons. The van der Waals surface area contributed by atoms with E-state index in [1.807, 2.05) is 59.0 Å². The molecule has 0 spiro atoms. The second kappa shape index (κ2) is 7.98. The molecule has 6 nitrogen and oxygen atoms in total. The van der Waals surface area contributed by atoms with Crippen molar-refractivity contribution in [1.29, 1.82) is 0 Å². The summed E-state index contributed by atoms with van der Waals surface area (Å²) in [6.45, 7) is 6.78. The van der Waals surface area contributed by atoms with Gasteiger partial charge < -0.3 is 9.80 Å². The van der Waals surface area contributed by atoms with E-state index in [9.17, 15) is 4.79 Å². The van der Waals surface area contributed by atoms with Gasteiger partial charge in [-0.3, -0.25) is 4.79 Å². The summed E-state index contributed by atoms with van der Waals surface area (Å²) in [5.74, 6) is 0.0301. The van der Waals surface area contributed by atoms with Crippen molar-refractivity contribution in [3.8, 4) is 5.69 Å². The molecule has 2 aromatic carbocycles. The monoisotopic (exact) mass is 451 g/mol. The minimum atomic E-state index is 0.0301. The highest BCUT2D eigenvalue weighted by molar-refractivity contribution is 7.22. The van der Waals surface area contributed by atoms with E-state index < -0.39 is 0 Å². The molecule has 1 aliphatic heterocycles. The summed E-state index contributed by atoms with van der Waals surface area (Å²) >= 11 is 7.99. The number of fused-ring (bicyclic) bond motifs is 1. The quantitative estimate of drug-likeness (QED) is 0.452. The maximum atomic E-state index is 13.2. The Morgan fingerprint density at radius 3 is 2.48 bits per heavy atom. The molecule has 5 rings (SSSR count). The molecule has 0 aliphatic carbocycles. The average molecular weight is 452 g/mol. The topological polar surface area (TPSA) is 54.3 Å². The van der Waals surface area contributed by atoms with Crippen molar-refractivity contribution in [2.45, 2.75) is 13.8 Å². The number of piperazine rings is 1. The molecule has 1 saturated heterocycles. The van der Waals surface area contributed by atoms with Crippen molar-refractivity contribution in [3.63, 3.8) is 0 Å². The zero-order valence-electron chi connectivity index (χ0n) is 17.4. The maximum absolute atomic E-state index is 13.2. The minimum Gasteiger partial charge on any atom is -0.345 e.